The third-order valence-corrected chi connectivity index (χ3v) is 5.32. The van der Waals surface area contributed by atoms with Crippen molar-refractivity contribution in [3.05, 3.63) is 59.1 Å². The van der Waals surface area contributed by atoms with E-state index < -0.39 is 0 Å². The van der Waals surface area contributed by atoms with Crippen molar-refractivity contribution in [1.82, 2.24) is 10.2 Å². The lowest BCUT2D eigenvalue weighted by atomic mass is 10.1. The average molecular weight is 404 g/mol. The van der Waals surface area contributed by atoms with Crippen molar-refractivity contribution in [2.24, 2.45) is 0 Å². The topological polar surface area (TPSA) is 36.5 Å². The number of rotatable bonds is 7. The molecular weight excluding hydrogens is 378 g/mol. The van der Waals surface area contributed by atoms with Crippen LogP contribution in [0.15, 0.2) is 48.5 Å². The van der Waals surface area contributed by atoms with Gasteiger partial charge in [-0.15, -0.1) is 0 Å². The molecule has 1 aliphatic rings. The standard InChI is InChI=1S/C21H26ClN3OS/c1-2-26-17-11-9-16(10-12-17)24-21(27)23-15-20(25-13-5-6-14-25)18-7-3-4-8-19(18)22/h3-4,7-12,20H,2,5-6,13-15H2,1H3,(H2,23,24,27)/t20-/m1/s1. The normalized spacial score (nSPS) is 15.3. The molecule has 1 saturated heterocycles. The summed E-state index contributed by atoms with van der Waals surface area (Å²) in [6.07, 6.45) is 2.46. The number of hydrogen-bond acceptors (Lipinski definition) is 3. The molecule has 0 saturated carbocycles. The lowest BCUT2D eigenvalue weighted by molar-refractivity contribution is 0.246. The van der Waals surface area contributed by atoms with Crippen molar-refractivity contribution in [2.45, 2.75) is 25.8 Å². The van der Waals surface area contributed by atoms with Gasteiger partial charge in [0.25, 0.3) is 0 Å². The largest absolute Gasteiger partial charge is 0.494 e. The van der Waals surface area contributed by atoms with Crippen LogP contribution in [0.2, 0.25) is 5.02 Å². The molecule has 2 aromatic rings. The highest BCUT2D eigenvalue weighted by Gasteiger charge is 2.25. The molecule has 6 heteroatoms. The molecule has 0 radical (unpaired) electrons. The summed E-state index contributed by atoms with van der Waals surface area (Å²) in [5, 5.41) is 8.01. The fraction of sp³-hybridized carbons (Fsp3) is 0.381. The number of benzene rings is 2. The lowest BCUT2D eigenvalue weighted by Crippen LogP contribution is -2.38. The quantitative estimate of drug-likeness (QED) is 0.645. The minimum atomic E-state index is 0.210. The van der Waals surface area contributed by atoms with Crippen LogP contribution in [0.1, 0.15) is 31.4 Å². The number of thiocarbonyl (C=S) groups is 1. The summed E-state index contributed by atoms with van der Waals surface area (Å²) >= 11 is 12.0. The molecule has 0 bridgehead atoms. The van der Waals surface area contributed by atoms with Gasteiger partial charge in [-0.2, -0.15) is 0 Å². The van der Waals surface area contributed by atoms with Gasteiger partial charge < -0.3 is 15.4 Å². The van der Waals surface area contributed by atoms with Gasteiger partial charge in [-0.3, -0.25) is 4.90 Å². The van der Waals surface area contributed by atoms with Crippen LogP contribution < -0.4 is 15.4 Å². The molecular formula is C21H26ClN3OS. The van der Waals surface area contributed by atoms with Gasteiger partial charge in [-0.1, -0.05) is 29.8 Å². The molecule has 1 aliphatic heterocycles. The molecule has 27 heavy (non-hydrogen) atoms. The minimum Gasteiger partial charge on any atom is -0.494 e. The van der Waals surface area contributed by atoms with Gasteiger partial charge >= 0.3 is 0 Å². The molecule has 0 aliphatic carbocycles. The Hall–Kier alpha value is -1.82. The maximum atomic E-state index is 6.47. The molecule has 0 amide bonds. The van der Waals surface area contributed by atoms with E-state index in [1.807, 2.05) is 49.4 Å². The van der Waals surface area contributed by atoms with Crippen LogP contribution in [0.5, 0.6) is 5.75 Å². The van der Waals surface area contributed by atoms with E-state index >= 15 is 0 Å². The number of hydrogen-bond donors (Lipinski definition) is 2. The number of ether oxygens (including phenoxy) is 1. The Labute approximate surface area is 171 Å². The van der Waals surface area contributed by atoms with Crippen LogP contribution >= 0.6 is 23.8 Å². The number of nitrogens with zero attached hydrogens (tertiary/aromatic N) is 1. The molecule has 0 unspecified atom stereocenters. The summed E-state index contributed by atoms with van der Waals surface area (Å²) in [6.45, 7) is 5.54. The first-order valence-electron chi connectivity index (χ1n) is 9.43. The van der Waals surface area contributed by atoms with Crippen molar-refractivity contribution in [3.8, 4) is 5.75 Å². The van der Waals surface area contributed by atoms with Crippen molar-refractivity contribution in [2.75, 3.05) is 31.6 Å². The molecule has 1 fully saturated rings. The zero-order chi connectivity index (χ0) is 19.1. The summed E-state index contributed by atoms with van der Waals surface area (Å²) in [5.41, 5.74) is 2.09. The van der Waals surface area contributed by atoms with Gasteiger partial charge in [0.2, 0.25) is 0 Å². The second-order valence-electron chi connectivity index (χ2n) is 6.57. The van der Waals surface area contributed by atoms with E-state index in [4.69, 9.17) is 28.6 Å². The van der Waals surface area contributed by atoms with Crippen molar-refractivity contribution >= 4 is 34.6 Å². The fourth-order valence-corrected chi connectivity index (χ4v) is 3.86. The Morgan fingerprint density at radius 2 is 1.85 bits per heavy atom. The first-order chi connectivity index (χ1) is 13.2. The second kappa shape index (κ2) is 9.93. The predicted octanol–water partition coefficient (Wildman–Crippen LogP) is 4.86. The smallest absolute Gasteiger partial charge is 0.170 e. The highest BCUT2D eigenvalue weighted by Crippen LogP contribution is 2.29. The molecule has 0 spiro atoms. The molecule has 0 aromatic heterocycles. The van der Waals surface area contributed by atoms with Gasteiger partial charge in [0, 0.05) is 17.3 Å². The molecule has 2 N–H and O–H groups in total. The van der Waals surface area contributed by atoms with Crippen molar-refractivity contribution in [1.29, 1.82) is 0 Å². The van der Waals surface area contributed by atoms with E-state index in [9.17, 15) is 0 Å². The monoisotopic (exact) mass is 403 g/mol. The van der Waals surface area contributed by atoms with E-state index in [2.05, 4.69) is 21.6 Å². The second-order valence-corrected chi connectivity index (χ2v) is 7.39. The summed E-state index contributed by atoms with van der Waals surface area (Å²) in [4.78, 5) is 2.48. The van der Waals surface area contributed by atoms with E-state index in [1.165, 1.54) is 12.8 Å². The molecule has 1 heterocycles. The molecule has 144 valence electrons. The zero-order valence-corrected chi connectivity index (χ0v) is 17.2. The lowest BCUT2D eigenvalue weighted by Gasteiger charge is -2.29. The maximum Gasteiger partial charge on any atom is 0.170 e. The van der Waals surface area contributed by atoms with E-state index in [0.29, 0.717) is 18.3 Å². The van der Waals surface area contributed by atoms with Crippen LogP contribution in [0.25, 0.3) is 0 Å². The zero-order valence-electron chi connectivity index (χ0n) is 15.6. The molecule has 3 rings (SSSR count). The van der Waals surface area contributed by atoms with Crippen molar-refractivity contribution < 1.29 is 4.74 Å². The van der Waals surface area contributed by atoms with Crippen LogP contribution in [-0.4, -0.2) is 36.3 Å². The van der Waals surface area contributed by atoms with E-state index in [0.717, 1.165) is 35.1 Å². The Morgan fingerprint density at radius 3 is 2.52 bits per heavy atom. The van der Waals surface area contributed by atoms with Crippen LogP contribution in [0.3, 0.4) is 0 Å². The van der Waals surface area contributed by atoms with Gasteiger partial charge in [-0.25, -0.2) is 0 Å². The van der Waals surface area contributed by atoms with Crippen LogP contribution in [0, 0.1) is 0 Å². The molecule has 1 atom stereocenters. The van der Waals surface area contributed by atoms with Crippen molar-refractivity contribution in [3.63, 3.8) is 0 Å². The van der Waals surface area contributed by atoms with E-state index in [-0.39, 0.29) is 6.04 Å². The Morgan fingerprint density at radius 1 is 1.15 bits per heavy atom. The number of halogens is 1. The highest BCUT2D eigenvalue weighted by molar-refractivity contribution is 7.80. The highest BCUT2D eigenvalue weighted by atomic mass is 35.5. The predicted molar refractivity (Wildman–Crippen MR) is 117 cm³/mol. The fourth-order valence-electron chi connectivity index (χ4n) is 3.40. The maximum absolute atomic E-state index is 6.47. The van der Waals surface area contributed by atoms with Gasteiger partial charge in [0.1, 0.15) is 5.75 Å². The third kappa shape index (κ3) is 5.58. The SMILES string of the molecule is CCOc1ccc(NC(=S)NC[C@H](c2ccccc2Cl)N2CCCC2)cc1. The Kier molecular flexibility index (Phi) is 7.33. The first-order valence-corrected chi connectivity index (χ1v) is 10.2. The number of anilines is 1. The first kappa shape index (κ1) is 19.9. The van der Waals surface area contributed by atoms with E-state index in [1.54, 1.807) is 0 Å². The average Bonchev–Trinajstić information content (AvgIpc) is 3.20. The van der Waals surface area contributed by atoms with Gasteiger partial charge in [0.05, 0.1) is 12.6 Å². The van der Waals surface area contributed by atoms with Gasteiger partial charge in [0.15, 0.2) is 5.11 Å². The minimum absolute atomic E-state index is 0.210. The summed E-state index contributed by atoms with van der Waals surface area (Å²) < 4.78 is 5.47. The summed E-state index contributed by atoms with van der Waals surface area (Å²) in [5.74, 6) is 0.856. The summed E-state index contributed by atoms with van der Waals surface area (Å²) in [7, 11) is 0. The van der Waals surface area contributed by atoms with Crippen LogP contribution in [-0.2, 0) is 0 Å². The van der Waals surface area contributed by atoms with Gasteiger partial charge in [-0.05, 0) is 81.0 Å². The molecule has 2 aromatic carbocycles. The number of nitrogens with one attached hydrogen (secondary N) is 2. The summed E-state index contributed by atoms with van der Waals surface area (Å²) in [6, 6.07) is 16.1. The third-order valence-electron chi connectivity index (χ3n) is 4.72. The Balaban J connectivity index is 1.61. The Bertz CT molecular complexity index is 747. The van der Waals surface area contributed by atoms with Crippen LogP contribution in [0.4, 0.5) is 5.69 Å². The molecule has 4 nitrogen and oxygen atoms in total. The number of likely N-dealkylation sites (tertiary alicyclic amines) is 1.